The molecule has 0 aliphatic rings. The molecule has 0 atom stereocenters. The topological polar surface area (TPSA) is 87.0 Å². The fourth-order valence-corrected chi connectivity index (χ4v) is 4.17. The molecule has 0 aliphatic carbocycles. The average molecular weight is 451 g/mol. The number of hydrogen-bond donors (Lipinski definition) is 0. The van der Waals surface area contributed by atoms with E-state index in [9.17, 15) is 4.79 Å². The minimum Gasteiger partial charge on any atom is -0.467 e. The van der Waals surface area contributed by atoms with Crippen LogP contribution < -0.4 is 5.56 Å². The van der Waals surface area contributed by atoms with Gasteiger partial charge in [0, 0.05) is 10.6 Å². The summed E-state index contributed by atoms with van der Waals surface area (Å²) in [5.74, 6) is 1.91. The van der Waals surface area contributed by atoms with Crippen molar-refractivity contribution in [3.8, 4) is 11.4 Å². The molecule has 154 valence electrons. The lowest BCUT2D eigenvalue weighted by Gasteiger charge is -2.11. The highest BCUT2D eigenvalue weighted by atomic mass is 35.5. The van der Waals surface area contributed by atoms with E-state index < -0.39 is 0 Å². The van der Waals surface area contributed by atoms with Crippen LogP contribution in [0.15, 0.2) is 85.8 Å². The Morgan fingerprint density at radius 3 is 2.77 bits per heavy atom. The van der Waals surface area contributed by atoms with Crippen molar-refractivity contribution < 1.29 is 8.94 Å². The third-order valence-corrected chi connectivity index (χ3v) is 5.79. The van der Waals surface area contributed by atoms with Crippen LogP contribution >= 0.6 is 23.4 Å². The van der Waals surface area contributed by atoms with Crippen LogP contribution in [-0.2, 0) is 12.3 Å². The van der Waals surface area contributed by atoms with Crippen LogP contribution in [0.5, 0.6) is 0 Å². The van der Waals surface area contributed by atoms with Crippen molar-refractivity contribution in [1.29, 1.82) is 0 Å². The summed E-state index contributed by atoms with van der Waals surface area (Å²) in [4.78, 5) is 22.2. The molecule has 0 saturated heterocycles. The first-order chi connectivity index (χ1) is 15.2. The number of aromatic nitrogens is 4. The van der Waals surface area contributed by atoms with Crippen LogP contribution in [0, 0.1) is 0 Å². The van der Waals surface area contributed by atoms with E-state index in [4.69, 9.17) is 20.5 Å². The van der Waals surface area contributed by atoms with Gasteiger partial charge in [-0.05, 0) is 36.4 Å². The van der Waals surface area contributed by atoms with Gasteiger partial charge in [-0.25, -0.2) is 4.98 Å². The second kappa shape index (κ2) is 8.41. The average Bonchev–Trinajstić information content (AvgIpc) is 3.47. The zero-order valence-electron chi connectivity index (χ0n) is 16.1. The molecule has 31 heavy (non-hydrogen) atoms. The van der Waals surface area contributed by atoms with Crippen LogP contribution in [0.3, 0.4) is 0 Å². The molecule has 0 fully saturated rings. The number of para-hydroxylation sites is 1. The van der Waals surface area contributed by atoms with Gasteiger partial charge in [0.1, 0.15) is 5.76 Å². The van der Waals surface area contributed by atoms with Crippen molar-refractivity contribution in [1.82, 2.24) is 19.7 Å². The molecule has 3 heterocycles. The van der Waals surface area contributed by atoms with E-state index in [2.05, 4.69) is 15.1 Å². The third-order valence-electron chi connectivity index (χ3n) is 4.60. The Bertz CT molecular complexity index is 1410. The fourth-order valence-electron chi connectivity index (χ4n) is 3.14. The summed E-state index contributed by atoms with van der Waals surface area (Å²) >= 11 is 7.39. The van der Waals surface area contributed by atoms with E-state index in [1.165, 1.54) is 11.8 Å². The second-order valence-corrected chi connectivity index (χ2v) is 8.07. The van der Waals surface area contributed by atoms with Crippen molar-refractivity contribution in [3.63, 3.8) is 0 Å². The highest BCUT2D eigenvalue weighted by Crippen LogP contribution is 2.25. The van der Waals surface area contributed by atoms with Crippen LogP contribution in [0.2, 0.25) is 5.02 Å². The van der Waals surface area contributed by atoms with E-state index in [0.717, 1.165) is 5.56 Å². The summed E-state index contributed by atoms with van der Waals surface area (Å²) in [7, 11) is 0. The number of nitrogens with zero attached hydrogens (tertiary/aromatic N) is 4. The van der Waals surface area contributed by atoms with E-state index in [0.29, 0.717) is 44.3 Å². The molecule has 0 saturated carbocycles. The second-order valence-electron chi connectivity index (χ2n) is 6.69. The zero-order chi connectivity index (χ0) is 21.2. The van der Waals surface area contributed by atoms with Crippen molar-refractivity contribution in [2.45, 2.75) is 17.5 Å². The molecule has 9 heteroatoms. The van der Waals surface area contributed by atoms with Gasteiger partial charge < -0.3 is 8.94 Å². The first kappa shape index (κ1) is 19.6. The standard InChI is InChI=1S/C22H15ClN4O3S/c23-15-6-3-5-14(11-15)20-25-19(30-26-20)13-31-22-24-18-9-2-1-8-17(18)21(28)27(22)12-16-7-4-10-29-16/h1-11H,12-13H2. The Morgan fingerprint density at radius 2 is 1.94 bits per heavy atom. The molecule has 0 amide bonds. The maximum atomic E-state index is 13.1. The Kier molecular flexibility index (Phi) is 5.31. The molecular weight excluding hydrogens is 436 g/mol. The third kappa shape index (κ3) is 4.12. The number of rotatable bonds is 6. The SMILES string of the molecule is O=c1c2ccccc2nc(SCc2nc(-c3cccc(Cl)c3)no2)n1Cc1ccco1. The van der Waals surface area contributed by atoms with E-state index in [-0.39, 0.29) is 12.1 Å². The van der Waals surface area contributed by atoms with Gasteiger partial charge in [0.15, 0.2) is 5.16 Å². The molecule has 0 unspecified atom stereocenters. The van der Waals surface area contributed by atoms with Crippen molar-refractivity contribution in [2.24, 2.45) is 0 Å². The fraction of sp³-hybridized carbons (Fsp3) is 0.0909. The summed E-state index contributed by atoms with van der Waals surface area (Å²) in [5, 5.41) is 5.73. The monoisotopic (exact) mass is 450 g/mol. The molecule has 7 nitrogen and oxygen atoms in total. The van der Waals surface area contributed by atoms with Crippen LogP contribution in [0.25, 0.3) is 22.3 Å². The minimum absolute atomic E-state index is 0.130. The number of hydrogen-bond acceptors (Lipinski definition) is 7. The van der Waals surface area contributed by atoms with Crippen LogP contribution in [0.1, 0.15) is 11.7 Å². The lowest BCUT2D eigenvalue weighted by Crippen LogP contribution is -2.23. The quantitative estimate of drug-likeness (QED) is 0.264. The van der Waals surface area contributed by atoms with Crippen molar-refractivity contribution in [3.05, 3.63) is 94.0 Å². The van der Waals surface area contributed by atoms with Crippen LogP contribution in [-0.4, -0.2) is 19.7 Å². The van der Waals surface area contributed by atoms with Crippen LogP contribution in [0.4, 0.5) is 0 Å². The zero-order valence-corrected chi connectivity index (χ0v) is 17.6. The minimum atomic E-state index is -0.130. The van der Waals surface area contributed by atoms with Crippen molar-refractivity contribution >= 4 is 34.3 Å². The largest absolute Gasteiger partial charge is 0.467 e. The molecule has 0 N–H and O–H groups in total. The Hall–Kier alpha value is -3.36. The summed E-state index contributed by atoms with van der Waals surface area (Å²) in [6, 6.07) is 18.1. The Labute approximate surface area is 185 Å². The molecule has 0 radical (unpaired) electrons. The Balaban J connectivity index is 1.45. The predicted octanol–water partition coefficient (Wildman–Crippen LogP) is 5.03. The van der Waals surface area contributed by atoms with E-state index in [1.807, 2.05) is 36.4 Å². The maximum Gasteiger partial charge on any atom is 0.262 e. The van der Waals surface area contributed by atoms with Gasteiger partial charge in [0.05, 0.1) is 29.5 Å². The summed E-state index contributed by atoms with van der Waals surface area (Å²) in [6.45, 7) is 0.281. The molecule has 3 aromatic heterocycles. The van der Waals surface area contributed by atoms with Gasteiger partial charge >= 0.3 is 0 Å². The molecule has 0 aliphatic heterocycles. The van der Waals surface area contributed by atoms with Crippen molar-refractivity contribution in [2.75, 3.05) is 0 Å². The number of halogens is 1. The maximum absolute atomic E-state index is 13.1. The first-order valence-electron chi connectivity index (χ1n) is 9.41. The highest BCUT2D eigenvalue weighted by Gasteiger charge is 2.15. The van der Waals surface area contributed by atoms with Gasteiger partial charge in [-0.2, -0.15) is 4.98 Å². The summed E-state index contributed by atoms with van der Waals surface area (Å²) < 4.78 is 12.4. The molecule has 2 aromatic carbocycles. The predicted molar refractivity (Wildman–Crippen MR) is 118 cm³/mol. The highest BCUT2D eigenvalue weighted by molar-refractivity contribution is 7.98. The molecule has 0 spiro atoms. The smallest absolute Gasteiger partial charge is 0.262 e. The first-order valence-corrected chi connectivity index (χ1v) is 10.8. The Morgan fingerprint density at radius 1 is 1.03 bits per heavy atom. The van der Waals surface area contributed by atoms with Gasteiger partial charge in [-0.3, -0.25) is 9.36 Å². The summed E-state index contributed by atoms with van der Waals surface area (Å²) in [5.41, 5.74) is 1.27. The van der Waals surface area contributed by atoms with Gasteiger partial charge in [0.2, 0.25) is 11.7 Å². The van der Waals surface area contributed by atoms with Gasteiger partial charge in [-0.15, -0.1) is 0 Å². The number of benzene rings is 2. The normalized spacial score (nSPS) is 11.3. The number of furan rings is 1. The molecule has 5 aromatic rings. The lowest BCUT2D eigenvalue weighted by molar-refractivity contribution is 0.391. The van der Waals surface area contributed by atoms with E-state index in [1.54, 1.807) is 35.1 Å². The molecule has 5 rings (SSSR count). The molecular formula is C22H15ClN4O3S. The van der Waals surface area contributed by atoms with Gasteiger partial charge in [-0.1, -0.05) is 52.8 Å². The number of fused-ring (bicyclic) bond motifs is 1. The molecule has 0 bridgehead atoms. The van der Waals surface area contributed by atoms with Gasteiger partial charge in [0.25, 0.3) is 5.56 Å². The summed E-state index contributed by atoms with van der Waals surface area (Å²) in [6.07, 6.45) is 1.58. The lowest BCUT2D eigenvalue weighted by atomic mass is 10.2. The van der Waals surface area contributed by atoms with E-state index >= 15 is 0 Å². The number of thioether (sulfide) groups is 1.